The van der Waals surface area contributed by atoms with Gasteiger partial charge in [0.05, 0.1) is 6.42 Å². The first-order valence-electron chi connectivity index (χ1n) is 7.22. The normalized spacial score (nSPS) is 18.3. The number of carbonyl (C=O) groups excluding carboxylic acids is 3. The van der Waals surface area contributed by atoms with Crippen LogP contribution in [0.1, 0.15) is 30.8 Å². The van der Waals surface area contributed by atoms with Crippen molar-refractivity contribution in [2.45, 2.75) is 32.4 Å². The number of nitrogens with one attached hydrogen (secondary N) is 1. The molecular weight excluding hydrogens is 303 g/mol. The van der Waals surface area contributed by atoms with Gasteiger partial charge in [-0.3, -0.25) is 19.3 Å². The standard InChI is InChI=1S/C16H15FN2O4/c1-8(2)19-14(20)7-11(16(19)22)18-15(21)13-6-9-5-10(17)3-4-12(9)23-13/h3-6,8,11H,7H2,1-2H3,(H,18,21)/t11-/m1/s1. The van der Waals surface area contributed by atoms with Gasteiger partial charge in [0.15, 0.2) is 5.76 Å². The Kier molecular flexibility index (Phi) is 3.63. The highest BCUT2D eigenvalue weighted by Crippen LogP contribution is 2.21. The molecule has 6 nitrogen and oxygen atoms in total. The zero-order valence-electron chi connectivity index (χ0n) is 12.6. The van der Waals surface area contributed by atoms with Gasteiger partial charge in [0.1, 0.15) is 17.4 Å². The van der Waals surface area contributed by atoms with Gasteiger partial charge in [0.25, 0.3) is 11.8 Å². The molecule has 1 saturated heterocycles. The minimum atomic E-state index is -0.901. The van der Waals surface area contributed by atoms with Crippen LogP contribution in [0, 0.1) is 5.82 Å². The lowest BCUT2D eigenvalue weighted by Crippen LogP contribution is -2.43. The van der Waals surface area contributed by atoms with Crippen LogP contribution >= 0.6 is 0 Å². The number of likely N-dealkylation sites (tertiary alicyclic amines) is 1. The molecule has 2 aromatic rings. The van der Waals surface area contributed by atoms with Crippen LogP contribution in [0.3, 0.4) is 0 Å². The van der Waals surface area contributed by atoms with Crippen LogP contribution in [-0.4, -0.2) is 34.7 Å². The fourth-order valence-electron chi connectivity index (χ4n) is 2.66. The third-order valence-electron chi connectivity index (χ3n) is 3.71. The van der Waals surface area contributed by atoms with E-state index < -0.39 is 23.7 Å². The SMILES string of the molecule is CC(C)N1C(=O)C[C@@H](NC(=O)c2cc3cc(F)ccc3o2)C1=O. The molecule has 1 aliphatic rings. The van der Waals surface area contributed by atoms with Gasteiger partial charge in [0.2, 0.25) is 5.91 Å². The predicted octanol–water partition coefficient (Wildman–Crippen LogP) is 1.84. The zero-order chi connectivity index (χ0) is 16.7. The molecule has 3 rings (SSSR count). The lowest BCUT2D eigenvalue weighted by Gasteiger charge is -2.18. The Labute approximate surface area is 131 Å². The number of hydrogen-bond donors (Lipinski definition) is 1. The van der Waals surface area contributed by atoms with E-state index in [1.165, 1.54) is 24.3 Å². The second-order valence-electron chi connectivity index (χ2n) is 5.72. The molecule has 0 spiro atoms. The topological polar surface area (TPSA) is 79.6 Å². The first kappa shape index (κ1) is 15.2. The maximum absolute atomic E-state index is 13.2. The van der Waals surface area contributed by atoms with E-state index >= 15 is 0 Å². The third kappa shape index (κ3) is 2.69. The van der Waals surface area contributed by atoms with Gasteiger partial charge in [-0.05, 0) is 38.1 Å². The molecule has 23 heavy (non-hydrogen) atoms. The van der Waals surface area contributed by atoms with Crippen LogP contribution in [0.25, 0.3) is 11.0 Å². The molecule has 1 aromatic carbocycles. The number of imide groups is 1. The van der Waals surface area contributed by atoms with Crippen molar-refractivity contribution in [3.63, 3.8) is 0 Å². The first-order chi connectivity index (χ1) is 10.9. The smallest absolute Gasteiger partial charge is 0.287 e. The summed E-state index contributed by atoms with van der Waals surface area (Å²) in [7, 11) is 0. The van der Waals surface area contributed by atoms with Gasteiger partial charge in [-0.25, -0.2) is 4.39 Å². The summed E-state index contributed by atoms with van der Waals surface area (Å²) in [6, 6.07) is 4.14. The molecule has 0 bridgehead atoms. The summed E-state index contributed by atoms with van der Waals surface area (Å²) >= 11 is 0. The zero-order valence-corrected chi connectivity index (χ0v) is 12.6. The molecule has 1 fully saturated rings. The van der Waals surface area contributed by atoms with E-state index in [9.17, 15) is 18.8 Å². The van der Waals surface area contributed by atoms with Crippen LogP contribution in [0.4, 0.5) is 4.39 Å². The molecule has 1 aliphatic heterocycles. The van der Waals surface area contributed by atoms with Crippen molar-refractivity contribution in [3.8, 4) is 0 Å². The van der Waals surface area contributed by atoms with Crippen molar-refractivity contribution in [1.29, 1.82) is 0 Å². The third-order valence-corrected chi connectivity index (χ3v) is 3.71. The molecule has 0 aliphatic carbocycles. The monoisotopic (exact) mass is 318 g/mol. The van der Waals surface area contributed by atoms with Crippen molar-refractivity contribution in [3.05, 3.63) is 35.8 Å². The predicted molar refractivity (Wildman–Crippen MR) is 79.0 cm³/mol. The van der Waals surface area contributed by atoms with E-state index in [1.807, 2.05) is 0 Å². The second kappa shape index (κ2) is 5.49. The molecule has 1 aromatic heterocycles. The summed E-state index contributed by atoms with van der Waals surface area (Å²) < 4.78 is 18.5. The summed E-state index contributed by atoms with van der Waals surface area (Å²) in [4.78, 5) is 37.3. The van der Waals surface area contributed by atoms with Crippen molar-refractivity contribution < 1.29 is 23.2 Å². The summed E-state index contributed by atoms with van der Waals surface area (Å²) in [6.45, 7) is 3.46. The van der Waals surface area contributed by atoms with E-state index in [1.54, 1.807) is 13.8 Å². The van der Waals surface area contributed by atoms with Crippen molar-refractivity contribution >= 4 is 28.7 Å². The average Bonchev–Trinajstić information content (AvgIpc) is 3.00. The fraction of sp³-hybridized carbons (Fsp3) is 0.312. The summed E-state index contributed by atoms with van der Waals surface area (Å²) in [5, 5.41) is 2.95. The van der Waals surface area contributed by atoms with Crippen molar-refractivity contribution in [2.75, 3.05) is 0 Å². The second-order valence-corrected chi connectivity index (χ2v) is 5.72. The number of furan rings is 1. The largest absolute Gasteiger partial charge is 0.451 e. The molecule has 1 N–H and O–H groups in total. The quantitative estimate of drug-likeness (QED) is 0.876. The molecule has 120 valence electrons. The average molecular weight is 318 g/mol. The van der Waals surface area contributed by atoms with Gasteiger partial charge >= 0.3 is 0 Å². The Balaban J connectivity index is 1.78. The van der Waals surface area contributed by atoms with Crippen LogP contribution in [0.5, 0.6) is 0 Å². The first-order valence-corrected chi connectivity index (χ1v) is 7.22. The van der Waals surface area contributed by atoms with E-state index in [2.05, 4.69) is 5.32 Å². The van der Waals surface area contributed by atoms with E-state index in [0.29, 0.717) is 11.0 Å². The Hall–Kier alpha value is -2.70. The number of halogens is 1. The number of amides is 3. The molecule has 0 radical (unpaired) electrons. The number of carbonyl (C=O) groups is 3. The van der Waals surface area contributed by atoms with Gasteiger partial charge in [-0.2, -0.15) is 0 Å². The lowest BCUT2D eigenvalue weighted by atomic mass is 10.2. The number of fused-ring (bicyclic) bond motifs is 1. The van der Waals surface area contributed by atoms with E-state index in [-0.39, 0.29) is 24.1 Å². The Morgan fingerprint density at radius 1 is 1.35 bits per heavy atom. The fourth-order valence-corrected chi connectivity index (χ4v) is 2.66. The minimum absolute atomic E-state index is 0.0335. The molecule has 1 atom stereocenters. The van der Waals surface area contributed by atoms with Crippen LogP contribution in [0.2, 0.25) is 0 Å². The van der Waals surface area contributed by atoms with E-state index in [4.69, 9.17) is 4.42 Å². The summed E-state index contributed by atoms with van der Waals surface area (Å²) in [5.74, 6) is -1.83. The number of hydrogen-bond acceptors (Lipinski definition) is 4. The number of benzene rings is 1. The Bertz CT molecular complexity index is 812. The Morgan fingerprint density at radius 3 is 2.74 bits per heavy atom. The molecule has 0 unspecified atom stereocenters. The molecule has 2 heterocycles. The lowest BCUT2D eigenvalue weighted by molar-refractivity contribution is -0.140. The van der Waals surface area contributed by atoms with Gasteiger partial charge in [-0.15, -0.1) is 0 Å². The van der Waals surface area contributed by atoms with Crippen molar-refractivity contribution in [2.24, 2.45) is 0 Å². The summed E-state index contributed by atoms with van der Waals surface area (Å²) in [5.41, 5.74) is 0.370. The van der Waals surface area contributed by atoms with E-state index in [0.717, 1.165) is 4.90 Å². The van der Waals surface area contributed by atoms with Gasteiger partial charge in [0, 0.05) is 11.4 Å². The minimum Gasteiger partial charge on any atom is -0.451 e. The van der Waals surface area contributed by atoms with Crippen LogP contribution in [0.15, 0.2) is 28.7 Å². The van der Waals surface area contributed by atoms with Gasteiger partial charge in [-0.1, -0.05) is 0 Å². The highest BCUT2D eigenvalue weighted by atomic mass is 19.1. The maximum atomic E-state index is 13.2. The molecular formula is C16H15FN2O4. The molecule has 7 heteroatoms. The number of rotatable bonds is 3. The maximum Gasteiger partial charge on any atom is 0.287 e. The van der Waals surface area contributed by atoms with Crippen molar-refractivity contribution in [1.82, 2.24) is 10.2 Å². The molecule has 3 amide bonds. The highest BCUT2D eigenvalue weighted by Gasteiger charge is 2.41. The highest BCUT2D eigenvalue weighted by molar-refractivity contribution is 6.08. The summed E-state index contributed by atoms with van der Waals surface area (Å²) in [6.07, 6.45) is -0.0718. The Morgan fingerprint density at radius 2 is 2.09 bits per heavy atom. The van der Waals surface area contributed by atoms with Gasteiger partial charge < -0.3 is 9.73 Å². The number of nitrogens with zero attached hydrogens (tertiary/aromatic N) is 1. The van der Waals surface area contributed by atoms with Crippen LogP contribution in [-0.2, 0) is 9.59 Å². The molecule has 0 saturated carbocycles. The van der Waals surface area contributed by atoms with Crippen LogP contribution < -0.4 is 5.32 Å².